The highest BCUT2D eigenvalue weighted by Crippen LogP contribution is 2.18. The summed E-state index contributed by atoms with van der Waals surface area (Å²) in [5.41, 5.74) is 6.74. The lowest BCUT2D eigenvalue weighted by Gasteiger charge is -2.15. The van der Waals surface area contributed by atoms with E-state index < -0.39 is 0 Å². The Balaban J connectivity index is 2.11. The van der Waals surface area contributed by atoms with Gasteiger partial charge in [0.15, 0.2) is 0 Å². The van der Waals surface area contributed by atoms with Gasteiger partial charge in [0.25, 0.3) is 0 Å². The van der Waals surface area contributed by atoms with E-state index in [-0.39, 0.29) is 17.4 Å². The molecule has 0 spiro atoms. The van der Waals surface area contributed by atoms with Gasteiger partial charge in [-0.1, -0.05) is 26.0 Å². The molecule has 1 atom stereocenters. The average molecular weight is 311 g/mol. The number of nitrogens with zero attached hydrogens (tertiary/aromatic N) is 3. The van der Waals surface area contributed by atoms with Crippen molar-refractivity contribution in [1.82, 2.24) is 20.3 Å². The number of amides is 1. The maximum Gasteiger partial charge on any atom is 0.221 e. The zero-order valence-electron chi connectivity index (χ0n) is 14.1. The van der Waals surface area contributed by atoms with Crippen molar-refractivity contribution in [2.24, 2.45) is 11.1 Å². The second-order valence-electron chi connectivity index (χ2n) is 6.85. The summed E-state index contributed by atoms with van der Waals surface area (Å²) in [5.74, 6) is -0.0401. The topological polar surface area (TPSA) is 95.1 Å². The van der Waals surface area contributed by atoms with Crippen molar-refractivity contribution in [3.8, 4) is 0 Å². The molecule has 0 aliphatic heterocycles. The van der Waals surface area contributed by atoms with Gasteiger partial charge in [0.2, 0.25) is 5.91 Å². The van der Waals surface area contributed by atoms with Gasteiger partial charge in [0.1, 0.15) is 0 Å². The predicted molar refractivity (Wildman–Crippen MR) is 85.3 cm³/mol. The molecule has 0 aromatic carbocycles. The van der Waals surface area contributed by atoms with E-state index in [1.54, 1.807) is 4.68 Å². The van der Waals surface area contributed by atoms with E-state index in [1.165, 1.54) is 0 Å². The summed E-state index contributed by atoms with van der Waals surface area (Å²) in [6, 6.07) is -0.115. The Hall–Kier alpha value is -1.47. The monoisotopic (exact) mass is 311 g/mol. The molecular formula is C15H29N5O2. The van der Waals surface area contributed by atoms with E-state index >= 15 is 0 Å². The number of hydrogen-bond donors (Lipinski definition) is 2. The first kappa shape index (κ1) is 18.6. The predicted octanol–water partition coefficient (Wildman–Crippen LogP) is 0.737. The third-order valence-corrected chi connectivity index (χ3v) is 2.84. The maximum atomic E-state index is 11.4. The van der Waals surface area contributed by atoms with E-state index in [0.717, 1.165) is 12.1 Å². The molecule has 0 saturated heterocycles. The van der Waals surface area contributed by atoms with Gasteiger partial charge in [-0.3, -0.25) is 4.79 Å². The fourth-order valence-corrected chi connectivity index (χ4v) is 1.96. The second-order valence-corrected chi connectivity index (χ2v) is 6.85. The molecule has 0 radical (unpaired) electrons. The van der Waals surface area contributed by atoms with Crippen molar-refractivity contribution in [1.29, 1.82) is 0 Å². The molecule has 3 N–H and O–H groups in total. The molecule has 1 unspecified atom stereocenters. The van der Waals surface area contributed by atoms with E-state index in [9.17, 15) is 4.79 Å². The van der Waals surface area contributed by atoms with Gasteiger partial charge in [-0.2, -0.15) is 0 Å². The summed E-state index contributed by atoms with van der Waals surface area (Å²) in [4.78, 5) is 11.4. The van der Waals surface area contributed by atoms with Crippen LogP contribution in [0.5, 0.6) is 0 Å². The van der Waals surface area contributed by atoms with Gasteiger partial charge in [-0.25, -0.2) is 4.68 Å². The van der Waals surface area contributed by atoms with Crippen LogP contribution in [0.25, 0.3) is 0 Å². The van der Waals surface area contributed by atoms with Crippen LogP contribution in [-0.2, 0) is 22.5 Å². The minimum atomic E-state index is -0.115. The molecule has 126 valence electrons. The van der Waals surface area contributed by atoms with Gasteiger partial charge < -0.3 is 15.8 Å². The zero-order chi connectivity index (χ0) is 16.6. The molecule has 0 aliphatic rings. The summed E-state index contributed by atoms with van der Waals surface area (Å²) < 4.78 is 7.26. The van der Waals surface area contributed by atoms with Crippen LogP contribution >= 0.6 is 0 Å². The number of nitrogens with one attached hydrogen (secondary N) is 1. The number of aromatic nitrogens is 3. The van der Waals surface area contributed by atoms with Crippen molar-refractivity contribution in [2.45, 2.75) is 53.1 Å². The molecule has 1 heterocycles. The van der Waals surface area contributed by atoms with E-state index in [2.05, 4.69) is 36.4 Å². The van der Waals surface area contributed by atoms with Crippen LogP contribution in [0, 0.1) is 5.41 Å². The number of rotatable bonds is 9. The summed E-state index contributed by atoms with van der Waals surface area (Å²) >= 11 is 0. The number of hydrogen-bond acceptors (Lipinski definition) is 5. The molecule has 0 aliphatic carbocycles. The van der Waals surface area contributed by atoms with E-state index in [1.807, 2.05) is 13.1 Å². The van der Waals surface area contributed by atoms with Gasteiger partial charge in [-0.05, 0) is 18.8 Å². The lowest BCUT2D eigenvalue weighted by Crippen LogP contribution is -2.32. The van der Waals surface area contributed by atoms with Crippen LogP contribution in [0.4, 0.5) is 0 Å². The highest BCUT2D eigenvalue weighted by Gasteiger charge is 2.13. The molecule has 0 fully saturated rings. The van der Waals surface area contributed by atoms with Crippen molar-refractivity contribution in [3.05, 3.63) is 11.9 Å². The first-order valence-electron chi connectivity index (χ1n) is 7.75. The number of carbonyl (C=O) groups is 1. The summed E-state index contributed by atoms with van der Waals surface area (Å²) in [7, 11) is 0. The van der Waals surface area contributed by atoms with Crippen LogP contribution in [0.15, 0.2) is 6.20 Å². The molecule has 1 amide bonds. The van der Waals surface area contributed by atoms with Crippen molar-refractivity contribution >= 4 is 5.91 Å². The van der Waals surface area contributed by atoms with Gasteiger partial charge in [0, 0.05) is 25.2 Å². The second kappa shape index (κ2) is 8.85. The van der Waals surface area contributed by atoms with E-state index in [0.29, 0.717) is 32.7 Å². The minimum absolute atomic E-state index is 0.0401. The van der Waals surface area contributed by atoms with Gasteiger partial charge >= 0.3 is 0 Å². The lowest BCUT2D eigenvalue weighted by atomic mass is 9.91. The van der Waals surface area contributed by atoms with Gasteiger partial charge in [-0.15, -0.1) is 5.10 Å². The fourth-order valence-electron chi connectivity index (χ4n) is 1.96. The SMILES string of the molecule is CC(N)CC(=O)NCCOCCn1cc(CC(C)(C)C)nn1. The number of ether oxygens (including phenoxy) is 1. The third kappa shape index (κ3) is 8.74. The molecule has 22 heavy (non-hydrogen) atoms. The van der Waals surface area contributed by atoms with Crippen molar-refractivity contribution < 1.29 is 9.53 Å². The fraction of sp³-hybridized carbons (Fsp3) is 0.800. The van der Waals surface area contributed by atoms with Crippen LogP contribution in [0.1, 0.15) is 39.8 Å². The largest absolute Gasteiger partial charge is 0.378 e. The normalized spacial score (nSPS) is 13.1. The van der Waals surface area contributed by atoms with Crippen LogP contribution < -0.4 is 11.1 Å². The average Bonchev–Trinajstić information content (AvgIpc) is 2.77. The van der Waals surface area contributed by atoms with Crippen molar-refractivity contribution in [3.63, 3.8) is 0 Å². The van der Waals surface area contributed by atoms with E-state index in [4.69, 9.17) is 10.5 Å². The Morgan fingerprint density at radius 2 is 2.18 bits per heavy atom. The molecule has 1 aromatic rings. The Bertz CT molecular complexity index is 451. The molecule has 0 bridgehead atoms. The Morgan fingerprint density at radius 1 is 1.45 bits per heavy atom. The quantitative estimate of drug-likeness (QED) is 0.656. The molecule has 7 nitrogen and oxygen atoms in total. The lowest BCUT2D eigenvalue weighted by molar-refractivity contribution is -0.121. The maximum absolute atomic E-state index is 11.4. The van der Waals surface area contributed by atoms with Crippen LogP contribution in [0.2, 0.25) is 0 Å². The molecular weight excluding hydrogens is 282 g/mol. The Kier molecular flexibility index (Phi) is 7.47. The first-order valence-corrected chi connectivity index (χ1v) is 7.75. The molecule has 0 saturated carbocycles. The highest BCUT2D eigenvalue weighted by molar-refractivity contribution is 5.76. The Morgan fingerprint density at radius 3 is 2.82 bits per heavy atom. The number of carbonyl (C=O) groups excluding carboxylic acids is 1. The standard InChI is InChI=1S/C15H29N5O2/c1-12(16)9-14(21)17-5-7-22-8-6-20-11-13(18-19-20)10-15(2,3)4/h11-12H,5-10,16H2,1-4H3,(H,17,21). The smallest absolute Gasteiger partial charge is 0.221 e. The van der Waals surface area contributed by atoms with Gasteiger partial charge in [0.05, 0.1) is 25.5 Å². The zero-order valence-corrected chi connectivity index (χ0v) is 14.1. The van der Waals surface area contributed by atoms with Crippen LogP contribution in [-0.4, -0.2) is 46.7 Å². The summed E-state index contributed by atoms with van der Waals surface area (Å²) in [5, 5.41) is 11.0. The Labute approximate surface area is 132 Å². The third-order valence-electron chi connectivity index (χ3n) is 2.84. The minimum Gasteiger partial charge on any atom is -0.378 e. The number of nitrogens with two attached hydrogens (primary N) is 1. The molecule has 1 rings (SSSR count). The van der Waals surface area contributed by atoms with Crippen molar-refractivity contribution in [2.75, 3.05) is 19.8 Å². The summed E-state index contributed by atoms with van der Waals surface area (Å²) in [6.07, 6.45) is 3.20. The first-order chi connectivity index (χ1) is 10.3. The molecule has 7 heteroatoms. The summed E-state index contributed by atoms with van der Waals surface area (Å²) in [6.45, 7) is 10.5. The highest BCUT2D eigenvalue weighted by atomic mass is 16.5. The molecule has 1 aromatic heterocycles. The van der Waals surface area contributed by atoms with Crippen LogP contribution in [0.3, 0.4) is 0 Å².